The van der Waals surface area contributed by atoms with Gasteiger partial charge in [0.25, 0.3) is 0 Å². The van der Waals surface area contributed by atoms with Crippen molar-refractivity contribution in [2.24, 2.45) is 5.73 Å². The lowest BCUT2D eigenvalue weighted by Gasteiger charge is -2.19. The molecule has 0 saturated heterocycles. The fraction of sp³-hybridized carbons (Fsp3) is 0.533. The minimum absolute atomic E-state index is 0.0740. The van der Waals surface area contributed by atoms with E-state index in [0.717, 1.165) is 18.5 Å². The zero-order chi connectivity index (χ0) is 14.3. The maximum atomic E-state index is 12.0. The molecule has 1 amide bonds. The molecule has 0 radical (unpaired) electrons. The number of carbonyl (C=O) groups excluding carboxylic acids is 1. The molecule has 0 aromatic heterocycles. The zero-order valence-corrected chi connectivity index (χ0v) is 12.1. The van der Waals surface area contributed by atoms with Crippen molar-refractivity contribution < 1.29 is 4.79 Å². The van der Waals surface area contributed by atoms with Gasteiger partial charge in [-0.15, -0.1) is 0 Å². The van der Waals surface area contributed by atoms with Gasteiger partial charge in [0.2, 0.25) is 5.91 Å². The Balaban J connectivity index is 2.36. The van der Waals surface area contributed by atoms with Crippen LogP contribution in [-0.4, -0.2) is 43.5 Å². The zero-order valence-electron chi connectivity index (χ0n) is 12.1. The van der Waals surface area contributed by atoms with Crippen LogP contribution < -0.4 is 11.1 Å². The maximum absolute atomic E-state index is 12.0. The van der Waals surface area contributed by atoms with E-state index in [1.54, 1.807) is 0 Å². The standard InChI is InChI=1S/C15H25N3O/c1-12(9-10-18(2)3)17-15(19)14(16)11-13-7-5-4-6-8-13/h4-8,12,14H,9-11,16H2,1-3H3,(H,17,19). The summed E-state index contributed by atoms with van der Waals surface area (Å²) in [5.41, 5.74) is 7.02. The Morgan fingerprint density at radius 1 is 1.32 bits per heavy atom. The Kier molecular flexibility index (Phi) is 6.53. The van der Waals surface area contributed by atoms with Gasteiger partial charge in [-0.3, -0.25) is 4.79 Å². The first-order valence-corrected chi connectivity index (χ1v) is 6.73. The highest BCUT2D eigenvalue weighted by Gasteiger charge is 2.16. The first-order valence-electron chi connectivity index (χ1n) is 6.73. The second-order valence-electron chi connectivity index (χ2n) is 5.30. The molecule has 0 aliphatic heterocycles. The van der Waals surface area contributed by atoms with Crippen LogP contribution in [0.4, 0.5) is 0 Å². The number of hydrogen-bond donors (Lipinski definition) is 2. The van der Waals surface area contributed by atoms with E-state index >= 15 is 0 Å². The molecule has 0 aliphatic rings. The van der Waals surface area contributed by atoms with Gasteiger partial charge in [-0.05, 0) is 46.0 Å². The number of rotatable bonds is 7. The average Bonchev–Trinajstić information content (AvgIpc) is 2.37. The number of nitrogens with one attached hydrogen (secondary N) is 1. The molecular formula is C15H25N3O. The Labute approximate surface area is 116 Å². The number of hydrogen-bond acceptors (Lipinski definition) is 3. The molecule has 2 atom stereocenters. The largest absolute Gasteiger partial charge is 0.352 e. The lowest BCUT2D eigenvalue weighted by Crippen LogP contribution is -2.46. The highest BCUT2D eigenvalue weighted by Crippen LogP contribution is 2.02. The third-order valence-corrected chi connectivity index (χ3v) is 3.03. The second-order valence-corrected chi connectivity index (χ2v) is 5.30. The normalized spacial score (nSPS) is 14.2. The van der Waals surface area contributed by atoms with Gasteiger partial charge in [0.05, 0.1) is 6.04 Å². The molecule has 19 heavy (non-hydrogen) atoms. The number of nitrogens with zero attached hydrogens (tertiary/aromatic N) is 1. The highest BCUT2D eigenvalue weighted by molar-refractivity contribution is 5.82. The average molecular weight is 263 g/mol. The molecule has 0 aliphatic carbocycles. The number of nitrogens with two attached hydrogens (primary N) is 1. The summed E-state index contributed by atoms with van der Waals surface area (Å²) >= 11 is 0. The van der Waals surface area contributed by atoms with Gasteiger partial charge in [0, 0.05) is 6.04 Å². The molecule has 4 heteroatoms. The lowest BCUT2D eigenvalue weighted by atomic mass is 10.1. The van der Waals surface area contributed by atoms with Gasteiger partial charge < -0.3 is 16.0 Å². The van der Waals surface area contributed by atoms with Gasteiger partial charge in [-0.25, -0.2) is 0 Å². The Morgan fingerprint density at radius 2 is 1.95 bits per heavy atom. The van der Waals surface area contributed by atoms with Crippen molar-refractivity contribution in [1.82, 2.24) is 10.2 Å². The Morgan fingerprint density at radius 3 is 2.53 bits per heavy atom. The van der Waals surface area contributed by atoms with E-state index in [4.69, 9.17) is 5.73 Å². The van der Waals surface area contributed by atoms with Crippen LogP contribution in [0.25, 0.3) is 0 Å². The van der Waals surface area contributed by atoms with Crippen molar-refractivity contribution in [2.75, 3.05) is 20.6 Å². The Hall–Kier alpha value is -1.39. The molecular weight excluding hydrogens is 238 g/mol. The topological polar surface area (TPSA) is 58.4 Å². The summed E-state index contributed by atoms with van der Waals surface area (Å²) in [7, 11) is 4.05. The van der Waals surface area contributed by atoms with E-state index in [9.17, 15) is 4.79 Å². The molecule has 1 aromatic carbocycles. The molecule has 106 valence electrons. The smallest absolute Gasteiger partial charge is 0.237 e. The van der Waals surface area contributed by atoms with Crippen LogP contribution in [-0.2, 0) is 11.2 Å². The van der Waals surface area contributed by atoms with E-state index in [1.165, 1.54) is 0 Å². The van der Waals surface area contributed by atoms with Gasteiger partial charge in [0.1, 0.15) is 0 Å². The quantitative estimate of drug-likeness (QED) is 0.772. The molecule has 3 N–H and O–H groups in total. The Bertz CT molecular complexity index is 378. The molecule has 1 aromatic rings. The van der Waals surface area contributed by atoms with E-state index < -0.39 is 6.04 Å². The van der Waals surface area contributed by atoms with Crippen LogP contribution in [0, 0.1) is 0 Å². The molecule has 0 fully saturated rings. The fourth-order valence-corrected chi connectivity index (χ4v) is 1.83. The highest BCUT2D eigenvalue weighted by atomic mass is 16.2. The lowest BCUT2D eigenvalue weighted by molar-refractivity contribution is -0.123. The summed E-state index contributed by atoms with van der Waals surface area (Å²) in [6.45, 7) is 2.96. The minimum Gasteiger partial charge on any atom is -0.352 e. The third kappa shape index (κ3) is 6.36. The molecule has 0 spiro atoms. The summed E-state index contributed by atoms with van der Waals surface area (Å²) in [4.78, 5) is 14.1. The van der Waals surface area contributed by atoms with Crippen LogP contribution in [0.3, 0.4) is 0 Å². The van der Waals surface area contributed by atoms with Crippen molar-refractivity contribution in [1.29, 1.82) is 0 Å². The molecule has 0 heterocycles. The molecule has 1 rings (SSSR count). The van der Waals surface area contributed by atoms with Crippen molar-refractivity contribution in [3.05, 3.63) is 35.9 Å². The molecule has 4 nitrogen and oxygen atoms in total. The minimum atomic E-state index is -0.482. The monoisotopic (exact) mass is 263 g/mol. The fourth-order valence-electron chi connectivity index (χ4n) is 1.83. The summed E-state index contributed by atoms with van der Waals surface area (Å²) in [5.74, 6) is -0.0740. The van der Waals surface area contributed by atoms with Crippen LogP contribution in [0.1, 0.15) is 18.9 Å². The van der Waals surface area contributed by atoms with Crippen LogP contribution in [0.5, 0.6) is 0 Å². The van der Waals surface area contributed by atoms with E-state index in [1.807, 2.05) is 51.4 Å². The third-order valence-electron chi connectivity index (χ3n) is 3.03. The van der Waals surface area contributed by atoms with Crippen LogP contribution >= 0.6 is 0 Å². The second kappa shape index (κ2) is 7.92. The van der Waals surface area contributed by atoms with Gasteiger partial charge in [0.15, 0.2) is 0 Å². The predicted molar refractivity (Wildman–Crippen MR) is 78.9 cm³/mol. The van der Waals surface area contributed by atoms with E-state index in [0.29, 0.717) is 6.42 Å². The summed E-state index contributed by atoms with van der Waals surface area (Å²) < 4.78 is 0. The van der Waals surface area contributed by atoms with Gasteiger partial charge in [-0.2, -0.15) is 0 Å². The van der Waals surface area contributed by atoms with Crippen LogP contribution in [0.15, 0.2) is 30.3 Å². The summed E-state index contributed by atoms with van der Waals surface area (Å²) in [6, 6.07) is 9.52. The van der Waals surface area contributed by atoms with Gasteiger partial charge in [-0.1, -0.05) is 30.3 Å². The molecule has 2 unspecified atom stereocenters. The predicted octanol–water partition coefficient (Wildman–Crippen LogP) is 1.01. The summed E-state index contributed by atoms with van der Waals surface area (Å²) in [5, 5.41) is 2.96. The van der Waals surface area contributed by atoms with Crippen LogP contribution in [0.2, 0.25) is 0 Å². The number of amides is 1. The molecule has 0 bridgehead atoms. The first kappa shape index (κ1) is 15.7. The number of benzene rings is 1. The van der Waals surface area contributed by atoms with Gasteiger partial charge >= 0.3 is 0 Å². The van der Waals surface area contributed by atoms with E-state index in [-0.39, 0.29) is 11.9 Å². The van der Waals surface area contributed by atoms with Crippen molar-refractivity contribution in [3.63, 3.8) is 0 Å². The van der Waals surface area contributed by atoms with Crippen molar-refractivity contribution in [2.45, 2.75) is 31.8 Å². The van der Waals surface area contributed by atoms with E-state index in [2.05, 4.69) is 10.2 Å². The first-order chi connectivity index (χ1) is 8.99. The number of carbonyl (C=O) groups is 1. The summed E-state index contributed by atoms with van der Waals surface area (Å²) in [6.07, 6.45) is 1.50. The van der Waals surface area contributed by atoms with Crippen molar-refractivity contribution in [3.8, 4) is 0 Å². The SMILES string of the molecule is CC(CCN(C)C)NC(=O)C(N)Cc1ccccc1. The molecule has 0 saturated carbocycles. The van der Waals surface area contributed by atoms with Crippen molar-refractivity contribution >= 4 is 5.91 Å². The maximum Gasteiger partial charge on any atom is 0.237 e.